The summed E-state index contributed by atoms with van der Waals surface area (Å²) in [4.78, 5) is 12.4. The third-order valence-electron chi connectivity index (χ3n) is 8.45. The minimum Gasteiger partial charge on any atom is -0.396 e. The Morgan fingerprint density at radius 3 is 2.55 bits per heavy atom. The molecule has 3 unspecified atom stereocenters. The molecule has 4 saturated carbocycles. The van der Waals surface area contributed by atoms with Crippen LogP contribution in [-0.2, 0) is 4.79 Å². The van der Waals surface area contributed by atoms with Crippen molar-refractivity contribution in [1.29, 1.82) is 0 Å². The van der Waals surface area contributed by atoms with Crippen LogP contribution in [0.4, 0.5) is 0 Å². The van der Waals surface area contributed by atoms with Crippen LogP contribution in [0.3, 0.4) is 0 Å². The molecule has 0 saturated heterocycles. The number of aliphatic hydroxyl groups excluding tert-OH is 1. The predicted octanol–water partition coefficient (Wildman–Crippen LogP) is 3.08. The molecule has 2 N–H and O–H groups in total. The fourth-order valence-electron chi connectivity index (χ4n) is 7.51. The van der Waals surface area contributed by atoms with E-state index in [0.29, 0.717) is 31.1 Å². The van der Waals surface area contributed by atoms with E-state index in [1.54, 1.807) is 0 Å². The molecule has 6 atom stereocenters. The zero-order chi connectivity index (χ0) is 15.8. The number of fused-ring (bicyclic) bond motifs is 3. The summed E-state index contributed by atoms with van der Waals surface area (Å²) in [7, 11) is 0. The summed E-state index contributed by atoms with van der Waals surface area (Å²) in [5.41, 5.74) is -0.664. The van der Waals surface area contributed by atoms with Gasteiger partial charge in [0.15, 0.2) is 5.78 Å². The zero-order valence-electron chi connectivity index (χ0n) is 14.0. The topological polar surface area (TPSA) is 57.5 Å². The van der Waals surface area contributed by atoms with Crippen molar-refractivity contribution in [2.45, 2.75) is 77.2 Å². The first kappa shape index (κ1) is 15.1. The molecule has 0 amide bonds. The molecule has 0 aromatic heterocycles. The predicted molar refractivity (Wildman–Crippen MR) is 84.2 cm³/mol. The fourth-order valence-corrected chi connectivity index (χ4v) is 7.51. The molecule has 124 valence electrons. The minimum atomic E-state index is -1.01. The Morgan fingerprint density at radius 2 is 1.82 bits per heavy atom. The van der Waals surface area contributed by atoms with E-state index in [9.17, 15) is 15.0 Å². The third-order valence-corrected chi connectivity index (χ3v) is 8.45. The van der Waals surface area contributed by atoms with Gasteiger partial charge in [-0.3, -0.25) is 4.79 Å². The highest BCUT2D eigenvalue weighted by molar-refractivity contribution is 5.90. The van der Waals surface area contributed by atoms with Crippen LogP contribution in [0.25, 0.3) is 0 Å². The number of rotatable bonds is 1. The molecule has 1 spiro atoms. The fraction of sp³-hybridized carbons (Fsp3) is 0.947. The van der Waals surface area contributed by atoms with Crippen molar-refractivity contribution in [2.24, 2.45) is 28.1 Å². The van der Waals surface area contributed by atoms with Crippen LogP contribution >= 0.6 is 0 Å². The summed E-state index contributed by atoms with van der Waals surface area (Å²) in [6.07, 6.45) is 8.71. The lowest BCUT2D eigenvalue weighted by Gasteiger charge is -2.64. The lowest BCUT2D eigenvalue weighted by Crippen LogP contribution is -2.58. The van der Waals surface area contributed by atoms with Crippen LogP contribution in [0.2, 0.25) is 0 Å². The normalized spacial score (nSPS) is 57.4. The molecule has 0 aromatic rings. The molecular formula is C19H30O3. The summed E-state index contributed by atoms with van der Waals surface area (Å²) in [6, 6.07) is 0. The van der Waals surface area contributed by atoms with Crippen LogP contribution in [-0.4, -0.2) is 28.2 Å². The number of ketones is 1. The van der Waals surface area contributed by atoms with Gasteiger partial charge in [0.1, 0.15) is 5.60 Å². The second-order valence-corrected chi connectivity index (χ2v) is 9.52. The average molecular weight is 306 g/mol. The SMILES string of the molecule is CC1(CO)CCCC2(C)C3CC[C@@]4(O)C[C@]3(CC[C@H]12)CC4=O. The Labute approximate surface area is 133 Å². The quantitative estimate of drug-likeness (QED) is 0.783. The molecule has 0 aliphatic heterocycles. The highest BCUT2D eigenvalue weighted by Gasteiger charge is 2.67. The molecule has 3 nitrogen and oxygen atoms in total. The van der Waals surface area contributed by atoms with E-state index in [2.05, 4.69) is 13.8 Å². The van der Waals surface area contributed by atoms with Crippen LogP contribution in [0.15, 0.2) is 0 Å². The number of hydrogen-bond donors (Lipinski definition) is 2. The Bertz CT molecular complexity index is 517. The van der Waals surface area contributed by atoms with Crippen molar-refractivity contribution in [3.05, 3.63) is 0 Å². The van der Waals surface area contributed by atoms with E-state index in [0.717, 1.165) is 25.7 Å². The summed E-state index contributed by atoms with van der Waals surface area (Å²) in [5, 5.41) is 20.7. The highest BCUT2D eigenvalue weighted by atomic mass is 16.3. The summed E-state index contributed by atoms with van der Waals surface area (Å²) in [5.74, 6) is 1.23. The van der Waals surface area contributed by atoms with Gasteiger partial charge in [-0.25, -0.2) is 0 Å². The molecule has 0 radical (unpaired) electrons. The first-order valence-corrected chi connectivity index (χ1v) is 9.15. The second kappa shape index (κ2) is 4.36. The number of Topliss-reactive ketones (excluding diaryl/α,β-unsaturated/α-hetero) is 1. The first-order valence-electron chi connectivity index (χ1n) is 9.15. The third kappa shape index (κ3) is 1.67. The van der Waals surface area contributed by atoms with Gasteiger partial charge >= 0.3 is 0 Å². The van der Waals surface area contributed by atoms with E-state index in [1.165, 1.54) is 12.8 Å². The van der Waals surface area contributed by atoms with E-state index < -0.39 is 5.60 Å². The van der Waals surface area contributed by atoms with Crippen molar-refractivity contribution < 1.29 is 15.0 Å². The molecule has 3 heteroatoms. The molecule has 4 aliphatic rings. The lowest BCUT2D eigenvalue weighted by molar-refractivity contribution is -0.172. The van der Waals surface area contributed by atoms with E-state index >= 15 is 0 Å². The highest BCUT2D eigenvalue weighted by Crippen LogP contribution is 2.71. The molecular weight excluding hydrogens is 276 g/mol. The maximum Gasteiger partial charge on any atom is 0.164 e. The number of hydrogen-bond acceptors (Lipinski definition) is 3. The van der Waals surface area contributed by atoms with E-state index in [1.807, 2.05) is 0 Å². The van der Waals surface area contributed by atoms with Crippen LogP contribution < -0.4 is 0 Å². The van der Waals surface area contributed by atoms with E-state index in [-0.39, 0.29) is 28.6 Å². The zero-order valence-corrected chi connectivity index (χ0v) is 14.0. The number of carbonyl (C=O) groups is 1. The van der Waals surface area contributed by atoms with Crippen molar-refractivity contribution >= 4 is 5.78 Å². The van der Waals surface area contributed by atoms with Crippen molar-refractivity contribution in [3.8, 4) is 0 Å². The summed E-state index contributed by atoms with van der Waals surface area (Å²) < 4.78 is 0. The van der Waals surface area contributed by atoms with Gasteiger partial charge in [-0.1, -0.05) is 20.3 Å². The van der Waals surface area contributed by atoms with Gasteiger partial charge in [-0.05, 0) is 73.0 Å². The van der Waals surface area contributed by atoms with Gasteiger partial charge in [0.2, 0.25) is 0 Å². The lowest BCUT2D eigenvalue weighted by atomic mass is 9.41. The van der Waals surface area contributed by atoms with Gasteiger partial charge in [-0.2, -0.15) is 0 Å². The van der Waals surface area contributed by atoms with Crippen LogP contribution in [0.1, 0.15) is 71.6 Å². The molecule has 22 heavy (non-hydrogen) atoms. The van der Waals surface area contributed by atoms with Crippen molar-refractivity contribution in [2.75, 3.05) is 6.61 Å². The second-order valence-electron chi connectivity index (χ2n) is 9.52. The van der Waals surface area contributed by atoms with Crippen molar-refractivity contribution in [1.82, 2.24) is 0 Å². The van der Waals surface area contributed by atoms with Crippen LogP contribution in [0.5, 0.6) is 0 Å². The Kier molecular flexibility index (Phi) is 3.00. The standard InChI is InChI=1S/C19H30O3/c1-16(12-20)6-3-7-17(2)13(16)4-8-18-10-15(21)19(22,11-18)9-5-14(17)18/h13-14,20,22H,3-12H2,1-2H3/t13-,14?,16?,17?,18+,19-/m1/s1. The smallest absolute Gasteiger partial charge is 0.164 e. The number of aliphatic hydroxyl groups is 2. The largest absolute Gasteiger partial charge is 0.396 e. The van der Waals surface area contributed by atoms with Gasteiger partial charge in [0.25, 0.3) is 0 Å². The maximum atomic E-state index is 12.4. The molecule has 0 heterocycles. The Hall–Kier alpha value is -0.410. The summed E-state index contributed by atoms with van der Waals surface area (Å²) in [6.45, 7) is 4.99. The van der Waals surface area contributed by atoms with Gasteiger partial charge in [0.05, 0.1) is 0 Å². The molecule has 4 rings (SSSR count). The Morgan fingerprint density at radius 1 is 1.09 bits per heavy atom. The molecule has 4 aliphatic carbocycles. The average Bonchev–Trinajstić information content (AvgIpc) is 2.64. The summed E-state index contributed by atoms with van der Waals surface area (Å²) >= 11 is 0. The minimum absolute atomic E-state index is 0.0466. The van der Waals surface area contributed by atoms with E-state index in [4.69, 9.17) is 0 Å². The maximum absolute atomic E-state index is 12.4. The first-order chi connectivity index (χ1) is 10.3. The Balaban J connectivity index is 1.74. The molecule has 0 aromatic carbocycles. The van der Waals surface area contributed by atoms with Gasteiger partial charge in [0, 0.05) is 13.0 Å². The molecule has 4 fully saturated rings. The number of carbonyl (C=O) groups excluding carboxylic acids is 1. The van der Waals surface area contributed by atoms with Crippen LogP contribution in [0, 0.1) is 28.1 Å². The monoisotopic (exact) mass is 306 g/mol. The van der Waals surface area contributed by atoms with Gasteiger partial charge in [-0.15, -0.1) is 0 Å². The van der Waals surface area contributed by atoms with Gasteiger partial charge < -0.3 is 10.2 Å². The molecule has 2 bridgehead atoms. The van der Waals surface area contributed by atoms with Crippen molar-refractivity contribution in [3.63, 3.8) is 0 Å².